The number of carboxylic acid groups (broad SMARTS) is 1. The molecule has 0 aliphatic rings. The highest BCUT2D eigenvalue weighted by Crippen LogP contribution is 2.15. The molecule has 0 aromatic carbocycles. The molecule has 2 unspecified atom stereocenters. The van der Waals surface area contributed by atoms with Gasteiger partial charge in [-0.25, -0.2) is 4.79 Å². The molecular formula is C47H90NO8+. The number of allylic oxidation sites excluding steroid dienone is 2. The molecule has 0 aromatic heterocycles. The Bertz CT molecular complexity index is 934. The highest BCUT2D eigenvalue weighted by molar-refractivity contribution is 5.71. The van der Waals surface area contributed by atoms with E-state index in [1.807, 2.05) is 21.1 Å². The average molecular weight is 797 g/mol. The third-order valence-electron chi connectivity index (χ3n) is 10.3. The molecule has 0 heterocycles. The molecule has 0 bridgehead atoms. The van der Waals surface area contributed by atoms with Crippen molar-refractivity contribution >= 4 is 17.9 Å². The molecule has 0 aliphatic heterocycles. The van der Waals surface area contributed by atoms with Crippen LogP contribution in [0.5, 0.6) is 0 Å². The molecule has 0 spiro atoms. The van der Waals surface area contributed by atoms with E-state index in [1.54, 1.807) is 0 Å². The Labute approximate surface area is 345 Å². The van der Waals surface area contributed by atoms with Crippen molar-refractivity contribution < 1.29 is 42.9 Å². The minimum Gasteiger partial charge on any atom is -0.477 e. The number of esters is 2. The maximum atomic E-state index is 12.8. The number of likely N-dealkylation sites (N-methyl/N-ethyl adjacent to an activating group) is 1. The summed E-state index contributed by atoms with van der Waals surface area (Å²) in [6.07, 6.45) is 38.3. The van der Waals surface area contributed by atoms with Gasteiger partial charge in [0.15, 0.2) is 6.10 Å². The molecular weight excluding hydrogens is 707 g/mol. The van der Waals surface area contributed by atoms with Gasteiger partial charge in [-0.05, 0) is 38.5 Å². The molecule has 0 fully saturated rings. The minimum atomic E-state index is -1.51. The number of rotatable bonds is 43. The first-order chi connectivity index (χ1) is 27.1. The SMILES string of the molecule is CCCCCCCC/C=C\CCCCCCCC(=O)OC(COC(=O)CCCCCCCCCCCCCCCCCC)COC(OCC[N+](C)(C)C)C(=O)O. The van der Waals surface area contributed by atoms with E-state index in [4.69, 9.17) is 18.9 Å². The lowest BCUT2D eigenvalue weighted by molar-refractivity contribution is -0.870. The van der Waals surface area contributed by atoms with Gasteiger partial charge in [0.05, 0.1) is 34.4 Å². The number of ether oxygens (including phenoxy) is 4. The van der Waals surface area contributed by atoms with Gasteiger partial charge in [0.1, 0.15) is 13.2 Å². The lowest BCUT2D eigenvalue weighted by atomic mass is 10.0. The van der Waals surface area contributed by atoms with Gasteiger partial charge >= 0.3 is 17.9 Å². The van der Waals surface area contributed by atoms with E-state index >= 15 is 0 Å². The fourth-order valence-electron chi connectivity index (χ4n) is 6.60. The number of unbranched alkanes of at least 4 members (excludes halogenated alkanes) is 26. The Balaban J connectivity index is 4.40. The highest BCUT2D eigenvalue weighted by Gasteiger charge is 2.25. The summed E-state index contributed by atoms with van der Waals surface area (Å²) >= 11 is 0. The van der Waals surface area contributed by atoms with Gasteiger partial charge in [0.2, 0.25) is 0 Å². The van der Waals surface area contributed by atoms with Gasteiger partial charge in [-0.2, -0.15) is 0 Å². The predicted molar refractivity (Wildman–Crippen MR) is 231 cm³/mol. The zero-order valence-corrected chi connectivity index (χ0v) is 37.3. The van der Waals surface area contributed by atoms with E-state index < -0.39 is 24.3 Å². The molecule has 2 atom stereocenters. The maximum Gasteiger partial charge on any atom is 0.361 e. The van der Waals surface area contributed by atoms with Crippen LogP contribution in [0.15, 0.2) is 12.2 Å². The van der Waals surface area contributed by atoms with Crippen molar-refractivity contribution in [2.45, 2.75) is 225 Å². The van der Waals surface area contributed by atoms with Crippen molar-refractivity contribution in [1.82, 2.24) is 0 Å². The van der Waals surface area contributed by atoms with Gasteiger partial charge in [-0.15, -0.1) is 0 Å². The van der Waals surface area contributed by atoms with Crippen LogP contribution in [0.4, 0.5) is 0 Å². The molecule has 9 heteroatoms. The largest absolute Gasteiger partial charge is 0.477 e. The summed E-state index contributed by atoms with van der Waals surface area (Å²) in [7, 11) is 5.96. The van der Waals surface area contributed by atoms with Crippen molar-refractivity contribution in [2.24, 2.45) is 0 Å². The standard InChI is InChI=1S/C47H89NO8/c1-6-8-10-12-14-16-18-20-22-24-25-27-29-31-33-35-37-44(49)54-41-43(42-55-47(46(51)52)53-40-39-48(3,4)5)56-45(50)38-36-34-32-30-28-26-23-21-19-17-15-13-11-9-7-2/h21,23,43,47H,6-20,22,24-42H2,1-5H3/p+1/b23-21-. The molecule has 0 aliphatic carbocycles. The zero-order chi connectivity index (χ0) is 41.4. The maximum absolute atomic E-state index is 12.8. The zero-order valence-electron chi connectivity index (χ0n) is 37.3. The van der Waals surface area contributed by atoms with Crippen molar-refractivity contribution in [3.8, 4) is 0 Å². The molecule has 56 heavy (non-hydrogen) atoms. The van der Waals surface area contributed by atoms with E-state index in [0.29, 0.717) is 23.9 Å². The number of aliphatic carboxylic acids is 1. The molecule has 0 amide bonds. The Morgan fingerprint density at radius 1 is 0.518 bits per heavy atom. The summed E-state index contributed by atoms with van der Waals surface area (Å²) in [6.45, 7) is 4.88. The Morgan fingerprint density at radius 2 is 0.911 bits per heavy atom. The second kappa shape index (κ2) is 39.8. The molecule has 0 saturated heterocycles. The monoisotopic (exact) mass is 797 g/mol. The fourth-order valence-corrected chi connectivity index (χ4v) is 6.60. The first-order valence-corrected chi connectivity index (χ1v) is 23.4. The summed E-state index contributed by atoms with van der Waals surface area (Å²) in [5.41, 5.74) is 0. The van der Waals surface area contributed by atoms with Gasteiger partial charge in [-0.1, -0.05) is 174 Å². The van der Waals surface area contributed by atoms with Crippen LogP contribution in [-0.2, 0) is 33.3 Å². The Morgan fingerprint density at radius 3 is 1.32 bits per heavy atom. The quantitative estimate of drug-likeness (QED) is 0.0214. The van der Waals surface area contributed by atoms with Crippen LogP contribution in [0.2, 0.25) is 0 Å². The fraction of sp³-hybridized carbons (Fsp3) is 0.894. The van der Waals surface area contributed by atoms with Crippen LogP contribution in [0, 0.1) is 0 Å². The topological polar surface area (TPSA) is 108 Å². The Kier molecular flexibility index (Phi) is 38.4. The van der Waals surface area contributed by atoms with Crippen LogP contribution in [0.25, 0.3) is 0 Å². The van der Waals surface area contributed by atoms with E-state index in [1.165, 1.54) is 128 Å². The van der Waals surface area contributed by atoms with E-state index in [0.717, 1.165) is 51.4 Å². The van der Waals surface area contributed by atoms with E-state index in [-0.39, 0.29) is 32.2 Å². The van der Waals surface area contributed by atoms with Crippen LogP contribution < -0.4 is 0 Å². The third-order valence-corrected chi connectivity index (χ3v) is 10.3. The third kappa shape index (κ3) is 40.2. The number of quaternary nitrogens is 1. The summed E-state index contributed by atoms with van der Waals surface area (Å²) in [4.78, 5) is 37.1. The molecule has 1 N–H and O–H groups in total. The van der Waals surface area contributed by atoms with Crippen molar-refractivity contribution in [1.29, 1.82) is 0 Å². The highest BCUT2D eigenvalue weighted by atomic mass is 16.7. The summed E-state index contributed by atoms with van der Waals surface area (Å²) in [5.74, 6) is -2.00. The van der Waals surface area contributed by atoms with Crippen LogP contribution >= 0.6 is 0 Å². The van der Waals surface area contributed by atoms with Gasteiger partial charge < -0.3 is 28.5 Å². The molecule has 0 saturated carbocycles. The normalized spacial score (nSPS) is 12.9. The summed E-state index contributed by atoms with van der Waals surface area (Å²) < 4.78 is 22.7. The molecule has 0 rings (SSSR count). The van der Waals surface area contributed by atoms with E-state index in [2.05, 4.69) is 26.0 Å². The molecule has 330 valence electrons. The Hall–Kier alpha value is -1.97. The predicted octanol–water partition coefficient (Wildman–Crippen LogP) is 12.3. The number of hydrogen-bond donors (Lipinski definition) is 1. The summed E-state index contributed by atoms with van der Waals surface area (Å²) in [5, 5.41) is 9.63. The van der Waals surface area contributed by atoms with Crippen molar-refractivity contribution in [3.05, 3.63) is 12.2 Å². The number of nitrogens with zero attached hydrogens (tertiary/aromatic N) is 1. The van der Waals surface area contributed by atoms with Crippen LogP contribution in [-0.4, -0.2) is 87.4 Å². The lowest BCUT2D eigenvalue weighted by Crippen LogP contribution is -2.40. The second-order valence-electron chi connectivity index (χ2n) is 17.1. The first-order valence-electron chi connectivity index (χ1n) is 23.4. The van der Waals surface area contributed by atoms with Crippen LogP contribution in [0.3, 0.4) is 0 Å². The average Bonchev–Trinajstić information content (AvgIpc) is 3.15. The molecule has 9 nitrogen and oxygen atoms in total. The van der Waals surface area contributed by atoms with Gasteiger partial charge in [0.25, 0.3) is 6.29 Å². The number of hydrogen-bond acceptors (Lipinski definition) is 7. The van der Waals surface area contributed by atoms with E-state index in [9.17, 15) is 19.5 Å². The van der Waals surface area contributed by atoms with Gasteiger partial charge in [0, 0.05) is 12.8 Å². The van der Waals surface area contributed by atoms with Gasteiger partial charge in [-0.3, -0.25) is 9.59 Å². The lowest BCUT2D eigenvalue weighted by Gasteiger charge is -2.25. The number of carbonyl (C=O) groups is 3. The number of carboxylic acids is 1. The second-order valence-corrected chi connectivity index (χ2v) is 17.1. The first kappa shape index (κ1) is 54.0. The number of carbonyl (C=O) groups excluding carboxylic acids is 2. The molecule has 0 aromatic rings. The summed E-state index contributed by atoms with van der Waals surface area (Å²) in [6, 6.07) is 0. The van der Waals surface area contributed by atoms with Crippen molar-refractivity contribution in [3.63, 3.8) is 0 Å². The smallest absolute Gasteiger partial charge is 0.361 e. The van der Waals surface area contributed by atoms with Crippen molar-refractivity contribution in [2.75, 3.05) is 47.5 Å². The molecule has 0 radical (unpaired) electrons. The minimum absolute atomic E-state index is 0.180. The van der Waals surface area contributed by atoms with Crippen LogP contribution in [0.1, 0.15) is 213 Å².